The molecule has 4 aromatic rings. The molecule has 5 rings (SSSR count). The van der Waals surface area contributed by atoms with Crippen LogP contribution in [0.2, 0.25) is 0 Å². The Kier molecular flexibility index (Phi) is 9.16. The summed E-state index contributed by atoms with van der Waals surface area (Å²) in [7, 11) is 3.29. The first kappa shape index (κ1) is 33.2. The molecule has 1 aromatic heterocycles. The normalized spacial score (nSPS) is 13.5. The van der Waals surface area contributed by atoms with Crippen molar-refractivity contribution in [2.24, 2.45) is 5.73 Å². The zero-order valence-electron chi connectivity index (χ0n) is 27.0. The fourth-order valence-corrected chi connectivity index (χ4v) is 5.77. The molecule has 1 aliphatic rings. The number of anilines is 4. The molecule has 13 nitrogen and oxygen atoms in total. The molecule has 2 heterocycles. The number of carbonyl (C=O) groups excluding carboxylic acids is 4. The molecule has 3 aromatic carbocycles. The van der Waals surface area contributed by atoms with E-state index in [2.05, 4.69) is 21.3 Å². The van der Waals surface area contributed by atoms with Gasteiger partial charge in [0.05, 0.1) is 16.8 Å². The number of urea groups is 1. The number of aromatic carboxylic acids is 1. The van der Waals surface area contributed by atoms with Crippen molar-refractivity contribution in [2.75, 3.05) is 35.4 Å². The van der Waals surface area contributed by atoms with E-state index < -0.39 is 30.0 Å². The van der Waals surface area contributed by atoms with Crippen LogP contribution < -0.4 is 27.0 Å². The minimum absolute atomic E-state index is 0.0125. The number of carbonyl (C=O) groups is 5. The third-order valence-corrected chi connectivity index (χ3v) is 8.07. The van der Waals surface area contributed by atoms with E-state index in [0.29, 0.717) is 50.8 Å². The lowest BCUT2D eigenvalue weighted by atomic mass is 10.0. The zero-order chi connectivity index (χ0) is 34.9. The van der Waals surface area contributed by atoms with Gasteiger partial charge in [0.15, 0.2) is 6.17 Å². The van der Waals surface area contributed by atoms with Gasteiger partial charge >= 0.3 is 12.0 Å². The summed E-state index contributed by atoms with van der Waals surface area (Å²) in [6.07, 6.45) is 0.531. The Balaban J connectivity index is 1.39. The Morgan fingerprint density at radius 1 is 0.917 bits per heavy atom. The Hall–Kier alpha value is -6.21. The first-order valence-corrected chi connectivity index (χ1v) is 14.9. The minimum Gasteiger partial charge on any atom is -0.478 e. The summed E-state index contributed by atoms with van der Waals surface area (Å²) in [5.41, 5.74) is 10.6. The first-order chi connectivity index (χ1) is 22.8. The van der Waals surface area contributed by atoms with E-state index in [1.807, 2.05) is 13.0 Å². The van der Waals surface area contributed by atoms with Crippen molar-refractivity contribution in [1.82, 2.24) is 9.47 Å². The molecule has 5 amide bonds. The van der Waals surface area contributed by atoms with Crippen molar-refractivity contribution in [3.63, 3.8) is 0 Å². The largest absolute Gasteiger partial charge is 0.478 e. The lowest BCUT2D eigenvalue weighted by Gasteiger charge is -2.26. The maximum absolute atomic E-state index is 13.2. The molecule has 0 saturated carbocycles. The number of rotatable bonds is 9. The lowest BCUT2D eigenvalue weighted by Crippen LogP contribution is -2.38. The van der Waals surface area contributed by atoms with Crippen LogP contribution in [0.3, 0.4) is 0 Å². The van der Waals surface area contributed by atoms with Gasteiger partial charge in [-0.1, -0.05) is 30.3 Å². The molecule has 0 saturated heterocycles. The van der Waals surface area contributed by atoms with Gasteiger partial charge in [0.2, 0.25) is 0 Å². The Morgan fingerprint density at radius 3 is 2.23 bits per heavy atom. The average molecular weight is 650 g/mol. The second-order valence-electron chi connectivity index (χ2n) is 11.6. The summed E-state index contributed by atoms with van der Waals surface area (Å²) in [6, 6.07) is 18.3. The van der Waals surface area contributed by atoms with Crippen molar-refractivity contribution in [3.05, 3.63) is 106 Å². The van der Waals surface area contributed by atoms with Crippen LogP contribution in [-0.2, 0) is 9.59 Å². The van der Waals surface area contributed by atoms with Crippen molar-refractivity contribution in [3.8, 4) is 0 Å². The number of primary amides is 1. The average Bonchev–Trinajstić information content (AvgIpc) is 3.45. The van der Waals surface area contributed by atoms with Crippen LogP contribution in [0.15, 0.2) is 66.7 Å². The third-order valence-electron chi connectivity index (χ3n) is 8.07. The predicted molar refractivity (Wildman–Crippen MR) is 184 cm³/mol. The number of hydrogen-bond acceptors (Lipinski definition) is 6. The first-order valence-electron chi connectivity index (χ1n) is 14.9. The van der Waals surface area contributed by atoms with Gasteiger partial charge < -0.3 is 36.7 Å². The highest BCUT2D eigenvalue weighted by molar-refractivity contribution is 6.35. The Morgan fingerprint density at radius 2 is 1.58 bits per heavy atom. The van der Waals surface area contributed by atoms with E-state index in [9.17, 15) is 29.1 Å². The maximum Gasteiger partial charge on any atom is 0.337 e. The van der Waals surface area contributed by atoms with Crippen LogP contribution in [0.25, 0.3) is 11.6 Å². The molecule has 7 N–H and O–H groups in total. The van der Waals surface area contributed by atoms with Gasteiger partial charge in [-0.2, -0.15) is 0 Å². The predicted octanol–water partition coefficient (Wildman–Crippen LogP) is 5.05. The number of hydrogen-bond donors (Lipinski definition) is 6. The van der Waals surface area contributed by atoms with Crippen molar-refractivity contribution in [2.45, 2.75) is 26.9 Å². The van der Waals surface area contributed by atoms with E-state index in [4.69, 9.17) is 5.73 Å². The molecular weight excluding hydrogens is 614 g/mol. The summed E-state index contributed by atoms with van der Waals surface area (Å²) < 4.78 is 1.52. The number of amides is 5. The summed E-state index contributed by atoms with van der Waals surface area (Å²) in [6.45, 7) is 5.02. The van der Waals surface area contributed by atoms with Crippen LogP contribution in [0.1, 0.15) is 55.0 Å². The standard InChI is InChI=1S/C35H35N7O6/c1-18-11-12-22(37-31(44)21-9-7-6-8-10-21)15-26(18)40-35(48)38-23-13-14-24-25(32(45)39-27(24)16-23)17-28-19(2)29(34(46)47)20(3)42(28)33(30(36)43)41(4)5/h6-17,33H,1-5H3,(H2,36,43)(H,37,44)(H,39,45)(H,46,47)(H2,38,40,48). The monoisotopic (exact) mass is 649 g/mol. The van der Waals surface area contributed by atoms with E-state index in [1.54, 1.807) is 99.6 Å². The minimum atomic E-state index is -1.17. The number of aromatic nitrogens is 1. The number of likely N-dealkylation sites (N-methyl/N-ethyl adjacent to an activating group) is 1. The number of fused-ring (bicyclic) bond motifs is 1. The highest BCUT2D eigenvalue weighted by Crippen LogP contribution is 2.37. The van der Waals surface area contributed by atoms with Gasteiger partial charge in [0.1, 0.15) is 0 Å². The molecule has 0 aliphatic carbocycles. The second kappa shape index (κ2) is 13.3. The number of nitrogens with one attached hydrogen (secondary N) is 4. The molecule has 0 radical (unpaired) electrons. The quantitative estimate of drug-likeness (QED) is 0.137. The molecule has 0 spiro atoms. The van der Waals surface area contributed by atoms with Gasteiger partial charge in [0.25, 0.3) is 17.7 Å². The highest BCUT2D eigenvalue weighted by atomic mass is 16.4. The number of nitrogens with two attached hydrogens (primary N) is 1. The Bertz CT molecular complexity index is 2010. The molecule has 246 valence electrons. The molecule has 48 heavy (non-hydrogen) atoms. The summed E-state index contributed by atoms with van der Waals surface area (Å²) in [5, 5.41) is 21.1. The number of carboxylic acid groups (broad SMARTS) is 1. The van der Waals surface area contributed by atoms with E-state index in [1.165, 1.54) is 4.57 Å². The summed E-state index contributed by atoms with van der Waals surface area (Å²) >= 11 is 0. The second-order valence-corrected chi connectivity index (χ2v) is 11.6. The number of nitrogens with zero attached hydrogens (tertiary/aromatic N) is 2. The van der Waals surface area contributed by atoms with Gasteiger partial charge in [-0.05, 0) is 88.5 Å². The van der Waals surface area contributed by atoms with Crippen LogP contribution >= 0.6 is 0 Å². The van der Waals surface area contributed by atoms with Crippen molar-refractivity contribution < 1.29 is 29.1 Å². The number of benzene rings is 3. The lowest BCUT2D eigenvalue weighted by molar-refractivity contribution is -0.125. The zero-order valence-corrected chi connectivity index (χ0v) is 27.0. The van der Waals surface area contributed by atoms with E-state index in [0.717, 1.165) is 5.56 Å². The maximum atomic E-state index is 13.2. The molecule has 1 aliphatic heterocycles. The van der Waals surface area contributed by atoms with Crippen LogP contribution in [0.4, 0.5) is 27.5 Å². The van der Waals surface area contributed by atoms with E-state index in [-0.39, 0.29) is 17.0 Å². The smallest absolute Gasteiger partial charge is 0.337 e. The molecule has 13 heteroatoms. The molecule has 0 bridgehead atoms. The fraction of sp³-hybridized carbons (Fsp3) is 0.171. The summed E-state index contributed by atoms with van der Waals surface area (Å²) in [5.74, 6) is -2.60. The van der Waals surface area contributed by atoms with Crippen LogP contribution in [0, 0.1) is 20.8 Å². The molecule has 1 atom stereocenters. The Labute approximate surface area is 276 Å². The summed E-state index contributed by atoms with van der Waals surface area (Å²) in [4.78, 5) is 64.9. The van der Waals surface area contributed by atoms with Crippen LogP contribution in [-0.4, -0.2) is 58.4 Å². The van der Waals surface area contributed by atoms with Gasteiger partial charge in [-0.3, -0.25) is 19.3 Å². The van der Waals surface area contributed by atoms with Crippen LogP contribution in [0.5, 0.6) is 0 Å². The van der Waals surface area contributed by atoms with E-state index >= 15 is 0 Å². The SMILES string of the molecule is Cc1ccc(NC(=O)c2ccccc2)cc1NC(=O)Nc1ccc2c(c1)NC(=O)C2=Cc1c(C)c(C(=O)O)c(C)n1C(C(N)=O)N(C)C. The fourth-order valence-electron chi connectivity index (χ4n) is 5.77. The number of aryl methyl sites for hydroxylation is 1. The number of carboxylic acids is 1. The van der Waals surface area contributed by atoms with Crippen molar-refractivity contribution in [1.29, 1.82) is 0 Å². The van der Waals surface area contributed by atoms with Crippen molar-refractivity contribution >= 4 is 64.1 Å². The topological polar surface area (TPSA) is 188 Å². The third kappa shape index (κ3) is 6.52. The van der Waals surface area contributed by atoms with Gasteiger partial charge in [0, 0.05) is 39.6 Å². The molecular formula is C35H35N7O6. The molecule has 1 unspecified atom stereocenters. The highest BCUT2D eigenvalue weighted by Gasteiger charge is 2.32. The molecule has 0 fully saturated rings. The van der Waals surface area contributed by atoms with Gasteiger partial charge in [-0.15, -0.1) is 0 Å². The van der Waals surface area contributed by atoms with Gasteiger partial charge in [-0.25, -0.2) is 9.59 Å².